The highest BCUT2D eigenvalue weighted by Gasteiger charge is 2.05. The molecule has 0 atom stereocenters. The van der Waals surface area contributed by atoms with Gasteiger partial charge in [-0.3, -0.25) is 0 Å². The quantitative estimate of drug-likeness (QED) is 0.803. The Hall–Kier alpha value is -2.63. The maximum atomic E-state index is 13.3. The Labute approximate surface area is 133 Å². The molecule has 0 spiro atoms. The molecule has 0 saturated heterocycles. The van der Waals surface area contributed by atoms with Crippen LogP contribution in [0.25, 0.3) is 0 Å². The van der Waals surface area contributed by atoms with Crippen LogP contribution in [-0.4, -0.2) is 19.2 Å². The van der Waals surface area contributed by atoms with Crippen LogP contribution in [0.1, 0.15) is 11.1 Å². The molecule has 0 aliphatic rings. The third-order valence-electron chi connectivity index (χ3n) is 3.11. The van der Waals surface area contributed by atoms with E-state index < -0.39 is 11.6 Å². The number of hydrogen-bond donors (Lipinski definition) is 2. The van der Waals surface area contributed by atoms with Crippen LogP contribution in [0.5, 0.6) is 5.75 Å². The summed E-state index contributed by atoms with van der Waals surface area (Å²) in [7, 11) is 0. The maximum Gasteiger partial charge on any atom is 0.315 e. The molecule has 23 heavy (non-hydrogen) atoms. The van der Waals surface area contributed by atoms with Crippen molar-refractivity contribution in [1.82, 2.24) is 10.6 Å². The number of carbonyl (C=O) groups excluding carboxylic acids is 1. The van der Waals surface area contributed by atoms with E-state index in [9.17, 15) is 13.6 Å². The third-order valence-corrected chi connectivity index (χ3v) is 3.11. The molecule has 0 aliphatic carbocycles. The van der Waals surface area contributed by atoms with Crippen molar-refractivity contribution >= 4 is 6.03 Å². The molecule has 2 aromatic carbocycles. The lowest BCUT2D eigenvalue weighted by Crippen LogP contribution is -2.37. The van der Waals surface area contributed by atoms with Crippen LogP contribution >= 0.6 is 0 Å². The smallest absolute Gasteiger partial charge is 0.315 e. The molecule has 0 heterocycles. The molecule has 0 aromatic heterocycles. The second-order valence-corrected chi connectivity index (χ2v) is 5.02. The van der Waals surface area contributed by atoms with Gasteiger partial charge in [-0.2, -0.15) is 0 Å². The summed E-state index contributed by atoms with van der Waals surface area (Å²) in [6, 6.07) is 10.6. The Kier molecular flexibility index (Phi) is 5.91. The van der Waals surface area contributed by atoms with Gasteiger partial charge in [0.2, 0.25) is 0 Å². The predicted molar refractivity (Wildman–Crippen MR) is 83.3 cm³/mol. The van der Waals surface area contributed by atoms with Crippen molar-refractivity contribution in [3.8, 4) is 5.75 Å². The number of ether oxygens (including phenoxy) is 1. The second-order valence-electron chi connectivity index (χ2n) is 5.02. The van der Waals surface area contributed by atoms with Crippen LogP contribution in [0.2, 0.25) is 0 Å². The largest absolute Gasteiger partial charge is 0.489 e. The molecule has 0 saturated carbocycles. The highest BCUT2D eigenvalue weighted by molar-refractivity contribution is 5.73. The van der Waals surface area contributed by atoms with Crippen LogP contribution in [0.15, 0.2) is 42.5 Å². The summed E-state index contributed by atoms with van der Waals surface area (Å²) in [5.74, 6) is -1.48. The number of benzene rings is 2. The van der Waals surface area contributed by atoms with Gasteiger partial charge < -0.3 is 15.4 Å². The van der Waals surface area contributed by atoms with E-state index in [1.807, 2.05) is 31.2 Å². The van der Waals surface area contributed by atoms with Gasteiger partial charge >= 0.3 is 6.03 Å². The summed E-state index contributed by atoms with van der Waals surface area (Å²) in [6.45, 7) is 2.70. The fourth-order valence-corrected chi connectivity index (χ4v) is 1.87. The van der Waals surface area contributed by atoms with E-state index in [2.05, 4.69) is 10.6 Å². The van der Waals surface area contributed by atoms with E-state index in [0.29, 0.717) is 6.54 Å². The van der Waals surface area contributed by atoms with Crippen molar-refractivity contribution in [1.29, 1.82) is 0 Å². The number of hydrogen-bond acceptors (Lipinski definition) is 2. The third kappa shape index (κ3) is 5.58. The van der Waals surface area contributed by atoms with Gasteiger partial charge in [0, 0.05) is 12.6 Å². The van der Waals surface area contributed by atoms with Gasteiger partial charge in [-0.25, -0.2) is 13.6 Å². The minimum Gasteiger partial charge on any atom is -0.489 e. The fraction of sp³-hybridized carbons (Fsp3) is 0.235. The summed E-state index contributed by atoms with van der Waals surface area (Å²) >= 11 is 0. The Morgan fingerprint density at radius 2 is 1.83 bits per heavy atom. The summed E-state index contributed by atoms with van der Waals surface area (Å²) in [5.41, 5.74) is 2.15. The average molecular weight is 320 g/mol. The highest BCUT2D eigenvalue weighted by Crippen LogP contribution is 2.17. The first-order chi connectivity index (χ1) is 11.0. The minimum atomic E-state index is -0.770. The van der Waals surface area contributed by atoms with E-state index in [1.165, 1.54) is 6.07 Å². The van der Waals surface area contributed by atoms with Crippen LogP contribution in [-0.2, 0) is 6.54 Å². The number of aryl methyl sites for hydroxylation is 1. The Bertz CT molecular complexity index is 660. The summed E-state index contributed by atoms with van der Waals surface area (Å²) in [4.78, 5) is 11.6. The predicted octanol–water partition coefficient (Wildman–Crippen LogP) is 3.15. The van der Waals surface area contributed by atoms with Crippen molar-refractivity contribution in [3.63, 3.8) is 0 Å². The lowest BCUT2D eigenvalue weighted by Gasteiger charge is -2.10. The van der Waals surface area contributed by atoms with E-state index >= 15 is 0 Å². The molecule has 2 amide bonds. The fourth-order valence-electron chi connectivity index (χ4n) is 1.87. The number of nitrogens with one attached hydrogen (secondary N) is 2. The average Bonchev–Trinajstić information content (AvgIpc) is 2.52. The number of carbonyl (C=O) groups is 1. The molecule has 0 radical (unpaired) electrons. The zero-order chi connectivity index (χ0) is 16.7. The topological polar surface area (TPSA) is 50.4 Å². The molecular formula is C17H18F2N2O2. The zero-order valence-electron chi connectivity index (χ0n) is 12.7. The molecule has 4 nitrogen and oxygen atoms in total. The van der Waals surface area contributed by atoms with Gasteiger partial charge in [-0.15, -0.1) is 0 Å². The summed E-state index contributed by atoms with van der Waals surface area (Å²) in [6.07, 6.45) is 0. The molecule has 0 bridgehead atoms. The minimum absolute atomic E-state index is 0.0479. The van der Waals surface area contributed by atoms with Crippen molar-refractivity contribution in [2.45, 2.75) is 13.5 Å². The maximum absolute atomic E-state index is 13.3. The molecule has 2 rings (SSSR count). The number of urea groups is 1. The zero-order valence-corrected chi connectivity index (χ0v) is 12.7. The first-order valence-electron chi connectivity index (χ1n) is 7.19. The second kappa shape index (κ2) is 8.12. The van der Waals surface area contributed by atoms with Crippen LogP contribution < -0.4 is 15.4 Å². The van der Waals surface area contributed by atoms with E-state index in [-0.39, 0.29) is 24.9 Å². The highest BCUT2D eigenvalue weighted by atomic mass is 19.1. The summed E-state index contributed by atoms with van der Waals surface area (Å²) < 4.78 is 31.2. The van der Waals surface area contributed by atoms with E-state index in [1.54, 1.807) is 0 Å². The van der Waals surface area contributed by atoms with E-state index in [0.717, 1.165) is 23.3 Å². The first kappa shape index (κ1) is 16.7. The van der Waals surface area contributed by atoms with E-state index in [4.69, 9.17) is 4.74 Å². The Morgan fingerprint density at radius 3 is 2.52 bits per heavy atom. The van der Waals surface area contributed by atoms with Gasteiger partial charge in [0.25, 0.3) is 0 Å². The van der Waals surface area contributed by atoms with Crippen LogP contribution in [0.3, 0.4) is 0 Å². The summed E-state index contributed by atoms with van der Waals surface area (Å²) in [5, 5.41) is 5.30. The molecule has 0 fully saturated rings. The number of rotatable bonds is 6. The number of halogens is 2. The van der Waals surface area contributed by atoms with Gasteiger partial charge in [0.15, 0.2) is 11.6 Å². The van der Waals surface area contributed by atoms with Gasteiger partial charge in [0.05, 0.1) is 6.54 Å². The van der Waals surface area contributed by atoms with Crippen molar-refractivity contribution in [3.05, 3.63) is 65.2 Å². The monoisotopic (exact) mass is 320 g/mol. The Morgan fingerprint density at radius 1 is 1.09 bits per heavy atom. The normalized spacial score (nSPS) is 10.2. The standard InChI is InChI=1S/C17H18F2N2O2/c1-12-2-4-13(5-3-12)11-21-17(22)20-8-9-23-16-7-6-14(18)10-15(16)19/h2-7,10H,8-9,11H2,1H3,(H2,20,21,22). The van der Waals surface area contributed by atoms with Crippen LogP contribution in [0, 0.1) is 18.6 Å². The van der Waals surface area contributed by atoms with Crippen molar-refractivity contribution in [2.24, 2.45) is 0 Å². The lowest BCUT2D eigenvalue weighted by atomic mass is 10.1. The number of amides is 2. The lowest BCUT2D eigenvalue weighted by molar-refractivity contribution is 0.235. The molecule has 6 heteroatoms. The first-order valence-corrected chi connectivity index (χ1v) is 7.19. The van der Waals surface area contributed by atoms with Crippen LogP contribution in [0.4, 0.5) is 13.6 Å². The molecule has 2 aromatic rings. The molecule has 0 aliphatic heterocycles. The molecule has 0 unspecified atom stereocenters. The SMILES string of the molecule is Cc1ccc(CNC(=O)NCCOc2ccc(F)cc2F)cc1. The van der Waals surface area contributed by atoms with Gasteiger partial charge in [-0.1, -0.05) is 29.8 Å². The van der Waals surface area contributed by atoms with Crippen molar-refractivity contribution < 1.29 is 18.3 Å². The molecule has 2 N–H and O–H groups in total. The van der Waals surface area contributed by atoms with Gasteiger partial charge in [-0.05, 0) is 24.6 Å². The van der Waals surface area contributed by atoms with Gasteiger partial charge in [0.1, 0.15) is 12.4 Å². The molecule has 122 valence electrons. The Balaban J connectivity index is 1.65. The molecular weight excluding hydrogens is 302 g/mol. The van der Waals surface area contributed by atoms with Crippen molar-refractivity contribution in [2.75, 3.05) is 13.2 Å².